The van der Waals surface area contributed by atoms with Gasteiger partial charge in [0, 0.05) is 31.0 Å². The fourth-order valence-corrected chi connectivity index (χ4v) is 4.15. The van der Waals surface area contributed by atoms with Crippen LogP contribution in [-0.4, -0.2) is 46.7 Å². The maximum atomic E-state index is 14.9. The van der Waals surface area contributed by atoms with Crippen molar-refractivity contribution in [1.82, 2.24) is 14.5 Å². The van der Waals surface area contributed by atoms with Gasteiger partial charge in [0.05, 0.1) is 29.9 Å². The van der Waals surface area contributed by atoms with Crippen LogP contribution in [0.1, 0.15) is 49.7 Å². The molecule has 3 heterocycles. The Morgan fingerprint density at radius 1 is 1.17 bits per heavy atom. The first-order chi connectivity index (χ1) is 16.7. The van der Waals surface area contributed by atoms with Gasteiger partial charge in [-0.25, -0.2) is 14.2 Å². The molecule has 1 amide bonds. The fourth-order valence-electron chi connectivity index (χ4n) is 4.15. The van der Waals surface area contributed by atoms with Crippen molar-refractivity contribution in [3.63, 3.8) is 0 Å². The van der Waals surface area contributed by atoms with Gasteiger partial charge in [0.2, 0.25) is 0 Å². The van der Waals surface area contributed by atoms with Crippen molar-refractivity contribution in [2.45, 2.75) is 40.2 Å². The second-order valence-electron chi connectivity index (χ2n) is 9.43. The summed E-state index contributed by atoms with van der Waals surface area (Å²) in [5.41, 5.74) is 0.250. The average molecular weight is 484 g/mol. The Labute approximate surface area is 201 Å². The van der Waals surface area contributed by atoms with Gasteiger partial charge in [-0.2, -0.15) is 0 Å². The highest BCUT2D eigenvalue weighted by molar-refractivity contribution is 6.11. The lowest BCUT2D eigenvalue weighted by Gasteiger charge is -2.29. The van der Waals surface area contributed by atoms with Crippen LogP contribution in [0.5, 0.6) is 0 Å². The summed E-state index contributed by atoms with van der Waals surface area (Å²) < 4.78 is 21.6. The highest BCUT2D eigenvalue weighted by atomic mass is 19.1. The van der Waals surface area contributed by atoms with E-state index in [4.69, 9.17) is 4.74 Å². The number of carbonyl (C=O) groups is 1. The van der Waals surface area contributed by atoms with E-state index in [0.717, 1.165) is 0 Å². The zero-order chi connectivity index (χ0) is 25.3. The van der Waals surface area contributed by atoms with Crippen LogP contribution in [0.3, 0.4) is 0 Å². The summed E-state index contributed by atoms with van der Waals surface area (Å²) >= 11 is 0. The Morgan fingerprint density at radius 2 is 1.89 bits per heavy atom. The number of nitrogens with zero attached hydrogens (tertiary/aromatic N) is 3. The first kappa shape index (κ1) is 24.6. The average Bonchev–Trinajstić information content (AvgIpc) is 2.81. The number of aromatic nitrogens is 3. The molecule has 10 heteroatoms. The van der Waals surface area contributed by atoms with E-state index < -0.39 is 23.0 Å². The van der Waals surface area contributed by atoms with Crippen LogP contribution < -0.4 is 21.5 Å². The number of morpholine rings is 1. The molecule has 1 aliphatic rings. The quantitative estimate of drug-likeness (QED) is 0.558. The molecule has 0 unspecified atom stereocenters. The molecule has 0 radical (unpaired) electrons. The molecule has 35 heavy (non-hydrogen) atoms. The predicted molar refractivity (Wildman–Crippen MR) is 133 cm³/mol. The van der Waals surface area contributed by atoms with E-state index in [0.29, 0.717) is 44.2 Å². The number of pyridine rings is 1. The minimum Gasteiger partial charge on any atom is -0.378 e. The van der Waals surface area contributed by atoms with Crippen LogP contribution in [0.25, 0.3) is 11.0 Å². The second-order valence-corrected chi connectivity index (χ2v) is 9.43. The van der Waals surface area contributed by atoms with E-state index in [9.17, 15) is 18.8 Å². The predicted octanol–water partition coefficient (Wildman–Crippen LogP) is 3.09. The van der Waals surface area contributed by atoms with E-state index in [1.54, 1.807) is 18.2 Å². The molecule has 1 aromatic carbocycles. The Hall–Kier alpha value is -3.53. The summed E-state index contributed by atoms with van der Waals surface area (Å²) in [6.45, 7) is 10.3. The molecule has 3 aromatic rings. The fraction of sp³-hybridized carbons (Fsp3) is 0.440. The van der Waals surface area contributed by atoms with Crippen molar-refractivity contribution >= 4 is 28.3 Å². The maximum absolute atomic E-state index is 14.9. The molecule has 0 atom stereocenters. The second kappa shape index (κ2) is 9.99. The monoisotopic (exact) mass is 483 g/mol. The molecule has 1 aliphatic heterocycles. The van der Waals surface area contributed by atoms with Gasteiger partial charge in [0.1, 0.15) is 5.82 Å². The molecular weight excluding hydrogens is 453 g/mol. The minimum absolute atomic E-state index is 0.0255. The van der Waals surface area contributed by atoms with Crippen molar-refractivity contribution in [3.8, 4) is 0 Å². The molecule has 9 nitrogen and oxygen atoms in total. The number of hydrogen-bond donors (Lipinski definition) is 2. The molecule has 2 aromatic heterocycles. The van der Waals surface area contributed by atoms with Gasteiger partial charge in [-0.1, -0.05) is 27.7 Å². The van der Waals surface area contributed by atoms with Crippen molar-refractivity contribution in [1.29, 1.82) is 0 Å². The lowest BCUT2D eigenvalue weighted by atomic mass is 10.0. The number of benzene rings is 1. The summed E-state index contributed by atoms with van der Waals surface area (Å²) in [7, 11) is 0. The normalized spacial score (nSPS) is 14.2. The maximum Gasteiger partial charge on any atom is 0.330 e. The number of hydrogen-bond acceptors (Lipinski definition) is 6. The summed E-state index contributed by atoms with van der Waals surface area (Å²) in [6.07, 6.45) is 0. The Bertz CT molecular complexity index is 1370. The summed E-state index contributed by atoms with van der Waals surface area (Å²) in [5.74, 6) is -0.997. The molecule has 1 saturated heterocycles. The van der Waals surface area contributed by atoms with Crippen molar-refractivity contribution in [3.05, 3.63) is 62.2 Å². The number of anilines is 2. The number of H-pyrrole nitrogens is 1. The molecule has 4 rings (SSSR count). The summed E-state index contributed by atoms with van der Waals surface area (Å²) in [6, 6.07) is 6.06. The van der Waals surface area contributed by atoms with Crippen LogP contribution in [0.15, 0.2) is 33.9 Å². The zero-order valence-corrected chi connectivity index (χ0v) is 20.4. The third-order valence-corrected chi connectivity index (χ3v) is 5.91. The largest absolute Gasteiger partial charge is 0.378 e. The minimum atomic E-state index is -0.688. The van der Waals surface area contributed by atoms with E-state index in [-0.39, 0.29) is 34.1 Å². The standard InChI is InChI=1S/C25H30FN5O4/c1-14(2)13-31-22-21(24(33)29-25(31)34)17(12-19(28-22)15(3)4)23(32)27-16-5-6-20(18(26)11-16)30-7-9-35-10-8-30/h5-6,11-12,14-15H,7-10,13H2,1-4H3,(H,27,32)(H,29,33,34). The molecule has 0 aliphatic carbocycles. The summed E-state index contributed by atoms with van der Waals surface area (Å²) in [4.78, 5) is 47.5. The van der Waals surface area contributed by atoms with Crippen LogP contribution in [0.4, 0.5) is 15.8 Å². The molecule has 0 spiro atoms. The molecule has 1 fully saturated rings. The lowest BCUT2D eigenvalue weighted by Crippen LogP contribution is -2.36. The molecular formula is C25H30FN5O4. The Morgan fingerprint density at radius 3 is 2.51 bits per heavy atom. The van der Waals surface area contributed by atoms with E-state index in [1.807, 2.05) is 32.6 Å². The number of halogens is 1. The molecule has 186 valence electrons. The molecule has 2 N–H and O–H groups in total. The van der Waals surface area contributed by atoms with Gasteiger partial charge in [-0.3, -0.25) is 19.1 Å². The first-order valence-corrected chi connectivity index (χ1v) is 11.8. The number of fused-ring (bicyclic) bond motifs is 1. The third-order valence-electron chi connectivity index (χ3n) is 5.91. The number of carbonyl (C=O) groups excluding carboxylic acids is 1. The number of amides is 1. The summed E-state index contributed by atoms with van der Waals surface area (Å²) in [5, 5.41) is 2.72. The molecule has 0 saturated carbocycles. The van der Waals surface area contributed by atoms with E-state index in [1.165, 1.54) is 10.6 Å². The number of ether oxygens (including phenoxy) is 1. The van der Waals surface area contributed by atoms with E-state index in [2.05, 4.69) is 15.3 Å². The van der Waals surface area contributed by atoms with Gasteiger partial charge in [0.25, 0.3) is 11.5 Å². The van der Waals surface area contributed by atoms with Gasteiger partial charge in [-0.15, -0.1) is 0 Å². The SMILES string of the molecule is CC(C)Cn1c(=O)[nH]c(=O)c2c(C(=O)Nc3ccc(N4CCOCC4)c(F)c3)cc(C(C)C)nc21. The zero-order valence-electron chi connectivity index (χ0n) is 20.4. The highest BCUT2D eigenvalue weighted by Gasteiger charge is 2.22. The van der Waals surface area contributed by atoms with Crippen LogP contribution in [0, 0.1) is 11.7 Å². The van der Waals surface area contributed by atoms with Gasteiger partial charge < -0.3 is 15.0 Å². The van der Waals surface area contributed by atoms with Crippen molar-refractivity contribution in [2.24, 2.45) is 5.92 Å². The van der Waals surface area contributed by atoms with Gasteiger partial charge in [-0.05, 0) is 36.1 Å². The van der Waals surface area contributed by atoms with Crippen molar-refractivity contribution in [2.75, 3.05) is 36.5 Å². The van der Waals surface area contributed by atoms with Crippen LogP contribution >= 0.6 is 0 Å². The molecule has 0 bridgehead atoms. The van der Waals surface area contributed by atoms with Crippen LogP contribution in [-0.2, 0) is 11.3 Å². The topological polar surface area (TPSA) is 109 Å². The Balaban J connectivity index is 1.76. The lowest BCUT2D eigenvalue weighted by molar-refractivity contribution is 0.102. The van der Waals surface area contributed by atoms with E-state index >= 15 is 0 Å². The number of aromatic amines is 1. The van der Waals surface area contributed by atoms with Crippen molar-refractivity contribution < 1.29 is 13.9 Å². The number of rotatable bonds is 6. The third kappa shape index (κ3) is 5.12. The first-order valence-electron chi connectivity index (χ1n) is 11.8. The Kier molecular flexibility index (Phi) is 7.02. The van der Waals surface area contributed by atoms with Gasteiger partial charge in [0.15, 0.2) is 5.65 Å². The van der Waals surface area contributed by atoms with Crippen LogP contribution in [0.2, 0.25) is 0 Å². The highest BCUT2D eigenvalue weighted by Crippen LogP contribution is 2.25. The number of nitrogens with one attached hydrogen (secondary N) is 2. The van der Waals surface area contributed by atoms with Gasteiger partial charge >= 0.3 is 5.69 Å². The smallest absolute Gasteiger partial charge is 0.330 e.